The second-order valence-corrected chi connectivity index (χ2v) is 7.01. The second kappa shape index (κ2) is 7.10. The average molecular weight is 400 g/mol. The molecule has 1 N–H and O–H groups in total. The highest BCUT2D eigenvalue weighted by molar-refractivity contribution is 5.84. The monoisotopic (exact) mass is 400 g/mol. The molecule has 0 fully saturated rings. The number of aromatic hydroxyl groups is 1. The van der Waals surface area contributed by atoms with Gasteiger partial charge in [-0.1, -0.05) is 12.1 Å². The van der Waals surface area contributed by atoms with Crippen LogP contribution in [0.15, 0.2) is 18.2 Å². The SMILES string of the molecule is COC(=O)C1(c2cccc(F)c2C)CCc2nn(CC(F)(F)F)c(O)c2CC1. The van der Waals surface area contributed by atoms with E-state index in [1.54, 1.807) is 13.0 Å². The summed E-state index contributed by atoms with van der Waals surface area (Å²) in [6, 6.07) is 4.46. The predicted molar refractivity (Wildman–Crippen MR) is 91.4 cm³/mol. The van der Waals surface area contributed by atoms with Crippen molar-refractivity contribution in [1.29, 1.82) is 0 Å². The van der Waals surface area contributed by atoms with Crippen LogP contribution in [0.4, 0.5) is 17.6 Å². The van der Waals surface area contributed by atoms with Gasteiger partial charge in [0.25, 0.3) is 0 Å². The number of nitrogens with zero attached hydrogens (tertiary/aromatic N) is 2. The van der Waals surface area contributed by atoms with E-state index >= 15 is 0 Å². The Morgan fingerprint density at radius 1 is 1.32 bits per heavy atom. The summed E-state index contributed by atoms with van der Waals surface area (Å²) in [5.41, 5.74) is 0.215. The normalized spacial score (nSPS) is 19.8. The first-order valence-corrected chi connectivity index (χ1v) is 8.77. The van der Waals surface area contributed by atoms with Crippen molar-refractivity contribution in [1.82, 2.24) is 9.78 Å². The number of halogens is 4. The molecule has 1 aliphatic rings. The third kappa shape index (κ3) is 3.45. The molecule has 3 rings (SSSR count). The van der Waals surface area contributed by atoms with E-state index in [1.165, 1.54) is 19.2 Å². The van der Waals surface area contributed by atoms with Gasteiger partial charge in [-0.2, -0.15) is 18.3 Å². The van der Waals surface area contributed by atoms with E-state index in [0.29, 0.717) is 21.5 Å². The number of carbonyl (C=O) groups excluding carboxylic acids is 1. The highest BCUT2D eigenvalue weighted by Gasteiger charge is 2.45. The van der Waals surface area contributed by atoms with E-state index in [2.05, 4.69) is 5.10 Å². The summed E-state index contributed by atoms with van der Waals surface area (Å²) >= 11 is 0. The maximum absolute atomic E-state index is 14.1. The predicted octanol–water partition coefficient (Wildman–Crippen LogP) is 3.59. The van der Waals surface area contributed by atoms with Crippen molar-refractivity contribution in [2.45, 2.75) is 50.7 Å². The molecule has 0 spiro atoms. The lowest BCUT2D eigenvalue weighted by molar-refractivity contribution is -0.148. The van der Waals surface area contributed by atoms with E-state index < -0.39 is 35.8 Å². The number of aryl methyl sites for hydroxylation is 1. The molecule has 1 unspecified atom stereocenters. The van der Waals surface area contributed by atoms with E-state index in [1.807, 2.05) is 0 Å². The first-order chi connectivity index (χ1) is 13.1. The van der Waals surface area contributed by atoms with Crippen LogP contribution in [-0.4, -0.2) is 34.1 Å². The van der Waals surface area contributed by atoms with Crippen molar-refractivity contribution in [3.63, 3.8) is 0 Å². The fourth-order valence-corrected chi connectivity index (χ4v) is 3.98. The van der Waals surface area contributed by atoms with Gasteiger partial charge in [-0.15, -0.1) is 0 Å². The first-order valence-electron chi connectivity index (χ1n) is 8.77. The molecule has 1 atom stereocenters. The molecule has 28 heavy (non-hydrogen) atoms. The minimum atomic E-state index is -4.52. The zero-order valence-corrected chi connectivity index (χ0v) is 15.4. The van der Waals surface area contributed by atoms with Gasteiger partial charge >= 0.3 is 12.1 Å². The number of alkyl halides is 3. The summed E-state index contributed by atoms with van der Waals surface area (Å²) in [6.07, 6.45) is -3.92. The smallest absolute Gasteiger partial charge is 0.408 e. The van der Waals surface area contributed by atoms with Gasteiger partial charge in [0, 0.05) is 5.56 Å². The molecule has 1 aliphatic carbocycles. The molecule has 1 aromatic carbocycles. The molecular formula is C19H20F4N2O3. The van der Waals surface area contributed by atoms with Gasteiger partial charge < -0.3 is 9.84 Å². The lowest BCUT2D eigenvalue weighted by Crippen LogP contribution is -2.38. The van der Waals surface area contributed by atoms with Gasteiger partial charge in [-0.3, -0.25) is 4.79 Å². The van der Waals surface area contributed by atoms with E-state index in [9.17, 15) is 27.5 Å². The van der Waals surface area contributed by atoms with Crippen LogP contribution in [0, 0.1) is 12.7 Å². The fraction of sp³-hybridized carbons (Fsp3) is 0.474. The number of fused-ring (bicyclic) bond motifs is 1. The number of benzene rings is 1. The van der Waals surface area contributed by atoms with E-state index in [4.69, 9.17) is 4.74 Å². The quantitative estimate of drug-likeness (QED) is 0.486. The van der Waals surface area contributed by atoms with Gasteiger partial charge in [-0.25, -0.2) is 9.07 Å². The number of hydrogen-bond acceptors (Lipinski definition) is 4. The highest BCUT2D eigenvalue weighted by Crippen LogP contribution is 2.42. The fourth-order valence-electron chi connectivity index (χ4n) is 3.98. The van der Waals surface area contributed by atoms with E-state index in [0.717, 1.165) is 0 Å². The highest BCUT2D eigenvalue weighted by atomic mass is 19.4. The number of hydrogen-bond donors (Lipinski definition) is 1. The number of methoxy groups -OCH3 is 1. The van der Waals surface area contributed by atoms with Gasteiger partial charge in [-0.05, 0) is 49.8 Å². The summed E-state index contributed by atoms with van der Waals surface area (Å²) in [4.78, 5) is 12.7. The Kier molecular flexibility index (Phi) is 5.12. The van der Waals surface area contributed by atoms with Crippen molar-refractivity contribution in [2.75, 3.05) is 7.11 Å². The lowest BCUT2D eigenvalue weighted by Gasteiger charge is -2.31. The molecule has 0 saturated heterocycles. The zero-order valence-electron chi connectivity index (χ0n) is 15.4. The van der Waals surface area contributed by atoms with Crippen LogP contribution in [0.25, 0.3) is 0 Å². The molecule has 5 nitrogen and oxygen atoms in total. The molecule has 0 saturated carbocycles. The Morgan fingerprint density at radius 2 is 2.00 bits per heavy atom. The minimum absolute atomic E-state index is 0.115. The number of ether oxygens (including phenoxy) is 1. The Labute approximate surface area is 158 Å². The summed E-state index contributed by atoms with van der Waals surface area (Å²) in [7, 11) is 1.24. The van der Waals surface area contributed by atoms with Crippen LogP contribution in [0.1, 0.15) is 35.2 Å². The topological polar surface area (TPSA) is 64.3 Å². The largest absolute Gasteiger partial charge is 0.493 e. The third-order valence-corrected chi connectivity index (χ3v) is 5.38. The van der Waals surface area contributed by atoms with Crippen LogP contribution in [0.5, 0.6) is 5.88 Å². The van der Waals surface area contributed by atoms with Gasteiger partial charge in [0.05, 0.1) is 18.2 Å². The standard InChI is InChI=1S/C19H20F4N2O3/c1-11-13(4-3-5-14(11)20)18(17(27)28-2)8-6-12-15(7-9-18)24-25(16(12)26)10-19(21,22)23/h3-5,26H,6-10H2,1-2H3. The van der Waals surface area contributed by atoms with Crippen molar-refractivity contribution < 1.29 is 32.2 Å². The molecular weight excluding hydrogens is 380 g/mol. The van der Waals surface area contributed by atoms with Gasteiger partial charge in [0.1, 0.15) is 12.4 Å². The maximum atomic E-state index is 14.1. The van der Waals surface area contributed by atoms with Crippen molar-refractivity contribution >= 4 is 5.97 Å². The van der Waals surface area contributed by atoms with Crippen LogP contribution < -0.4 is 0 Å². The molecule has 2 aromatic rings. The van der Waals surface area contributed by atoms with Crippen LogP contribution in [-0.2, 0) is 34.3 Å². The molecule has 0 amide bonds. The molecule has 1 heterocycles. The molecule has 9 heteroatoms. The second-order valence-electron chi connectivity index (χ2n) is 7.01. The zero-order chi connectivity index (χ0) is 20.7. The van der Waals surface area contributed by atoms with Crippen LogP contribution in [0.2, 0.25) is 0 Å². The summed E-state index contributed by atoms with van der Waals surface area (Å²) in [5, 5.41) is 14.1. The average Bonchev–Trinajstić information content (AvgIpc) is 2.79. The Bertz CT molecular complexity index is 907. The van der Waals surface area contributed by atoms with Gasteiger partial charge in [0.2, 0.25) is 5.88 Å². The minimum Gasteiger partial charge on any atom is -0.493 e. The summed E-state index contributed by atoms with van der Waals surface area (Å²) < 4.78 is 57.7. The molecule has 0 aliphatic heterocycles. The lowest BCUT2D eigenvalue weighted by atomic mass is 9.72. The number of carbonyl (C=O) groups is 1. The molecule has 152 valence electrons. The number of rotatable bonds is 3. The van der Waals surface area contributed by atoms with Crippen molar-refractivity contribution in [3.8, 4) is 5.88 Å². The van der Waals surface area contributed by atoms with Gasteiger partial charge in [0.15, 0.2) is 0 Å². The molecule has 1 aromatic heterocycles. The third-order valence-electron chi connectivity index (χ3n) is 5.38. The number of esters is 1. The van der Waals surface area contributed by atoms with Crippen molar-refractivity contribution in [3.05, 3.63) is 46.4 Å². The Morgan fingerprint density at radius 3 is 2.64 bits per heavy atom. The first kappa shape index (κ1) is 20.2. The molecule has 0 bridgehead atoms. The van der Waals surface area contributed by atoms with E-state index in [-0.39, 0.29) is 31.2 Å². The van der Waals surface area contributed by atoms with Crippen LogP contribution in [0.3, 0.4) is 0 Å². The summed E-state index contributed by atoms with van der Waals surface area (Å²) in [6.45, 7) is 0.178. The maximum Gasteiger partial charge on any atom is 0.408 e. The Balaban J connectivity index is 2.01. The number of aromatic nitrogens is 2. The van der Waals surface area contributed by atoms with Crippen molar-refractivity contribution in [2.24, 2.45) is 0 Å². The Hall–Kier alpha value is -2.58. The molecule has 0 radical (unpaired) electrons. The summed E-state index contributed by atoms with van der Waals surface area (Å²) in [5.74, 6) is -1.56. The van der Waals surface area contributed by atoms with Crippen LogP contribution >= 0.6 is 0 Å².